The molecule has 0 radical (unpaired) electrons. The summed E-state index contributed by atoms with van der Waals surface area (Å²) in [5, 5.41) is 8.17. The fourth-order valence-corrected chi connectivity index (χ4v) is 4.50. The summed E-state index contributed by atoms with van der Waals surface area (Å²) in [6.07, 6.45) is 2.45. The first kappa shape index (κ1) is 20.5. The van der Waals surface area contributed by atoms with Gasteiger partial charge in [0.1, 0.15) is 11.5 Å². The third kappa shape index (κ3) is 4.97. The molecule has 1 aromatic carbocycles. The van der Waals surface area contributed by atoms with Gasteiger partial charge in [-0.15, -0.1) is 11.3 Å². The van der Waals surface area contributed by atoms with Crippen LogP contribution in [0.15, 0.2) is 35.7 Å². The summed E-state index contributed by atoms with van der Waals surface area (Å²) in [5.74, 6) is 1.42. The highest BCUT2D eigenvalue weighted by molar-refractivity contribution is 7.10. The van der Waals surface area contributed by atoms with Gasteiger partial charge in [0.2, 0.25) is 0 Å². The fraction of sp³-hybridized carbons (Fsp3) is 0.476. The van der Waals surface area contributed by atoms with E-state index in [2.05, 4.69) is 33.0 Å². The summed E-state index contributed by atoms with van der Waals surface area (Å²) in [6.45, 7) is 4.72. The number of methoxy groups -OCH3 is 2. The minimum atomic E-state index is -0.187. The number of urea groups is 1. The van der Waals surface area contributed by atoms with Crippen LogP contribution in [0.4, 0.5) is 4.79 Å². The van der Waals surface area contributed by atoms with E-state index < -0.39 is 0 Å². The Hall–Kier alpha value is -2.25. The summed E-state index contributed by atoms with van der Waals surface area (Å²) in [4.78, 5) is 16.3. The summed E-state index contributed by atoms with van der Waals surface area (Å²) >= 11 is 1.75. The lowest BCUT2D eigenvalue weighted by Gasteiger charge is -2.27. The maximum Gasteiger partial charge on any atom is 0.315 e. The minimum Gasteiger partial charge on any atom is -0.497 e. The Bertz CT molecular complexity index is 760. The van der Waals surface area contributed by atoms with E-state index in [-0.39, 0.29) is 18.1 Å². The molecule has 1 aromatic heterocycles. The smallest absolute Gasteiger partial charge is 0.315 e. The van der Waals surface area contributed by atoms with Crippen LogP contribution in [0.3, 0.4) is 0 Å². The second kappa shape index (κ2) is 9.80. The molecule has 152 valence electrons. The number of likely N-dealkylation sites (tertiary alicyclic amines) is 1. The lowest BCUT2D eigenvalue weighted by molar-refractivity contribution is 0.220. The van der Waals surface area contributed by atoms with Crippen LogP contribution in [0, 0.1) is 0 Å². The van der Waals surface area contributed by atoms with E-state index in [0.717, 1.165) is 24.4 Å². The average Bonchev–Trinajstić information content (AvgIpc) is 3.42. The third-order valence-corrected chi connectivity index (χ3v) is 6.14. The minimum absolute atomic E-state index is 0.175. The van der Waals surface area contributed by atoms with Gasteiger partial charge in [0, 0.05) is 23.1 Å². The Morgan fingerprint density at radius 1 is 1.21 bits per heavy atom. The first-order valence-electron chi connectivity index (χ1n) is 9.66. The van der Waals surface area contributed by atoms with E-state index in [1.54, 1.807) is 25.6 Å². The van der Waals surface area contributed by atoms with Crippen LogP contribution in [0.2, 0.25) is 0 Å². The number of thiophene rings is 1. The molecule has 2 aromatic rings. The molecule has 2 N–H and O–H groups in total. The largest absolute Gasteiger partial charge is 0.497 e. The predicted octanol–water partition coefficient (Wildman–Crippen LogP) is 3.96. The Morgan fingerprint density at radius 3 is 2.64 bits per heavy atom. The molecule has 1 fully saturated rings. The standard InChI is InChI=1S/C21H29N3O3S/c1-15(17-9-8-16(26-2)13-19(17)27-3)23-21(25)22-14-18(20-7-6-12-28-20)24-10-4-5-11-24/h6-9,12-13,15,18H,4-5,10-11,14H2,1-3H3,(H2,22,23,25). The Balaban J connectivity index is 1.60. The van der Waals surface area contributed by atoms with Gasteiger partial charge in [0.05, 0.1) is 26.3 Å². The molecule has 1 aliphatic heterocycles. The van der Waals surface area contributed by atoms with Gasteiger partial charge >= 0.3 is 6.03 Å². The zero-order chi connectivity index (χ0) is 19.9. The molecule has 7 heteroatoms. The van der Waals surface area contributed by atoms with Crippen LogP contribution >= 0.6 is 11.3 Å². The van der Waals surface area contributed by atoms with Gasteiger partial charge in [-0.2, -0.15) is 0 Å². The number of benzene rings is 1. The molecular weight excluding hydrogens is 374 g/mol. The quantitative estimate of drug-likeness (QED) is 0.700. The molecule has 2 amide bonds. The maximum absolute atomic E-state index is 12.5. The second-order valence-corrected chi connectivity index (χ2v) is 7.94. The van der Waals surface area contributed by atoms with Crippen LogP contribution in [0.25, 0.3) is 0 Å². The number of hydrogen-bond donors (Lipinski definition) is 2. The van der Waals surface area contributed by atoms with Crippen molar-refractivity contribution in [2.75, 3.05) is 33.9 Å². The molecule has 0 spiro atoms. The van der Waals surface area contributed by atoms with Crippen molar-refractivity contribution in [3.8, 4) is 11.5 Å². The van der Waals surface area contributed by atoms with Crippen LogP contribution in [0.5, 0.6) is 11.5 Å². The monoisotopic (exact) mass is 403 g/mol. The third-order valence-electron chi connectivity index (χ3n) is 5.16. The topological polar surface area (TPSA) is 62.8 Å². The highest BCUT2D eigenvalue weighted by Crippen LogP contribution is 2.30. The number of carbonyl (C=O) groups is 1. The summed E-state index contributed by atoms with van der Waals surface area (Å²) in [5.41, 5.74) is 0.910. The number of ether oxygens (including phenoxy) is 2. The van der Waals surface area contributed by atoms with E-state index in [9.17, 15) is 4.79 Å². The SMILES string of the molecule is COc1ccc(C(C)NC(=O)NCC(c2cccs2)N2CCCC2)c(OC)c1. The molecule has 0 aliphatic carbocycles. The molecule has 1 aliphatic rings. The molecule has 28 heavy (non-hydrogen) atoms. The zero-order valence-corrected chi connectivity index (χ0v) is 17.6. The van der Waals surface area contributed by atoms with Crippen LogP contribution in [-0.2, 0) is 0 Å². The molecule has 0 saturated carbocycles. The van der Waals surface area contributed by atoms with E-state index >= 15 is 0 Å². The molecule has 2 atom stereocenters. The molecule has 2 unspecified atom stereocenters. The molecule has 3 rings (SSSR count). The lowest BCUT2D eigenvalue weighted by Crippen LogP contribution is -2.42. The summed E-state index contributed by atoms with van der Waals surface area (Å²) in [6, 6.07) is 9.71. The molecular formula is C21H29N3O3S. The average molecular weight is 404 g/mol. The highest BCUT2D eigenvalue weighted by Gasteiger charge is 2.25. The van der Waals surface area contributed by atoms with Gasteiger partial charge in [-0.05, 0) is 56.4 Å². The molecule has 0 bridgehead atoms. The van der Waals surface area contributed by atoms with E-state index in [1.807, 2.05) is 25.1 Å². The van der Waals surface area contributed by atoms with Crippen LogP contribution < -0.4 is 20.1 Å². The predicted molar refractivity (Wildman–Crippen MR) is 112 cm³/mol. The van der Waals surface area contributed by atoms with Crippen LogP contribution in [0.1, 0.15) is 42.3 Å². The van der Waals surface area contributed by atoms with Crippen molar-refractivity contribution < 1.29 is 14.3 Å². The van der Waals surface area contributed by atoms with Gasteiger partial charge in [-0.3, -0.25) is 4.90 Å². The number of nitrogens with one attached hydrogen (secondary N) is 2. The number of carbonyl (C=O) groups excluding carboxylic acids is 1. The van der Waals surface area contributed by atoms with Crippen molar-refractivity contribution in [2.24, 2.45) is 0 Å². The normalized spacial score (nSPS) is 16.4. The molecule has 1 saturated heterocycles. The van der Waals surface area contributed by atoms with Crippen molar-refractivity contribution >= 4 is 17.4 Å². The van der Waals surface area contributed by atoms with Gasteiger partial charge < -0.3 is 20.1 Å². The van der Waals surface area contributed by atoms with Gasteiger partial charge in [-0.25, -0.2) is 4.79 Å². The van der Waals surface area contributed by atoms with Gasteiger partial charge in [0.25, 0.3) is 0 Å². The second-order valence-electron chi connectivity index (χ2n) is 6.96. The fourth-order valence-electron chi connectivity index (χ4n) is 3.63. The van der Waals surface area contributed by atoms with E-state index in [4.69, 9.17) is 9.47 Å². The Morgan fingerprint density at radius 2 is 2.00 bits per heavy atom. The summed E-state index contributed by atoms with van der Waals surface area (Å²) in [7, 11) is 3.24. The first-order valence-corrected chi connectivity index (χ1v) is 10.5. The molecule has 2 heterocycles. The number of hydrogen-bond acceptors (Lipinski definition) is 5. The summed E-state index contributed by atoms with van der Waals surface area (Å²) < 4.78 is 10.7. The number of nitrogens with zero attached hydrogens (tertiary/aromatic N) is 1. The van der Waals surface area contributed by atoms with Crippen molar-refractivity contribution in [1.82, 2.24) is 15.5 Å². The van der Waals surface area contributed by atoms with Gasteiger partial charge in [-0.1, -0.05) is 6.07 Å². The van der Waals surface area contributed by atoms with E-state index in [0.29, 0.717) is 12.3 Å². The molecule has 6 nitrogen and oxygen atoms in total. The van der Waals surface area contributed by atoms with Crippen molar-refractivity contribution in [3.05, 3.63) is 46.2 Å². The van der Waals surface area contributed by atoms with Crippen LogP contribution in [-0.4, -0.2) is 44.8 Å². The van der Waals surface area contributed by atoms with Crippen molar-refractivity contribution in [2.45, 2.75) is 31.8 Å². The van der Waals surface area contributed by atoms with Crippen molar-refractivity contribution in [3.63, 3.8) is 0 Å². The number of rotatable bonds is 8. The highest BCUT2D eigenvalue weighted by atomic mass is 32.1. The Labute approximate surface area is 170 Å². The first-order chi connectivity index (χ1) is 13.6. The Kier molecular flexibility index (Phi) is 7.17. The maximum atomic E-state index is 12.5. The van der Waals surface area contributed by atoms with Crippen molar-refractivity contribution in [1.29, 1.82) is 0 Å². The number of amides is 2. The zero-order valence-electron chi connectivity index (χ0n) is 16.7. The van der Waals surface area contributed by atoms with E-state index in [1.165, 1.54) is 17.7 Å². The lowest BCUT2D eigenvalue weighted by atomic mass is 10.1. The van der Waals surface area contributed by atoms with Gasteiger partial charge in [0.15, 0.2) is 0 Å².